The van der Waals surface area contributed by atoms with Crippen molar-refractivity contribution in [1.29, 1.82) is 0 Å². The zero-order chi connectivity index (χ0) is 15.7. The molecular formula is C13H14N2O6. The van der Waals surface area contributed by atoms with E-state index in [-0.39, 0.29) is 11.3 Å². The lowest BCUT2D eigenvalue weighted by Gasteiger charge is -2.38. The average Bonchev–Trinajstić information content (AvgIpc) is 2.34. The maximum atomic E-state index is 11.7. The van der Waals surface area contributed by atoms with Crippen LogP contribution in [0.4, 0.5) is 11.4 Å². The number of aryl methyl sites for hydroxylation is 1. The van der Waals surface area contributed by atoms with E-state index in [2.05, 4.69) is 4.74 Å². The molecule has 0 spiro atoms. The Kier molecular flexibility index (Phi) is 3.79. The highest BCUT2D eigenvalue weighted by molar-refractivity contribution is 5.96. The molecule has 8 nitrogen and oxygen atoms in total. The number of esters is 1. The van der Waals surface area contributed by atoms with E-state index in [1.165, 1.54) is 13.0 Å². The maximum Gasteiger partial charge on any atom is 0.344 e. The summed E-state index contributed by atoms with van der Waals surface area (Å²) in [5.74, 6) is -2.12. The number of nitro benzene ring substituents is 1. The van der Waals surface area contributed by atoms with Crippen LogP contribution in [0.2, 0.25) is 0 Å². The van der Waals surface area contributed by atoms with Crippen LogP contribution in [0.15, 0.2) is 12.1 Å². The number of aliphatic carboxylic acids is 1. The molecule has 2 rings (SSSR count). The Morgan fingerprint density at radius 3 is 2.52 bits per heavy atom. The van der Waals surface area contributed by atoms with Crippen LogP contribution in [0.1, 0.15) is 15.9 Å². The zero-order valence-electron chi connectivity index (χ0n) is 11.5. The van der Waals surface area contributed by atoms with Crippen LogP contribution in [0.25, 0.3) is 0 Å². The van der Waals surface area contributed by atoms with Gasteiger partial charge in [-0.3, -0.25) is 14.9 Å². The van der Waals surface area contributed by atoms with E-state index in [4.69, 9.17) is 5.11 Å². The fourth-order valence-electron chi connectivity index (χ4n) is 2.30. The van der Waals surface area contributed by atoms with Gasteiger partial charge in [0, 0.05) is 24.3 Å². The van der Waals surface area contributed by atoms with Crippen molar-refractivity contribution in [1.82, 2.24) is 0 Å². The molecule has 1 aliphatic heterocycles. The number of hydrogen-bond acceptors (Lipinski definition) is 6. The minimum atomic E-state index is -0.877. The molecule has 1 fully saturated rings. The van der Waals surface area contributed by atoms with Crippen molar-refractivity contribution in [2.75, 3.05) is 25.1 Å². The predicted molar refractivity (Wildman–Crippen MR) is 72.5 cm³/mol. The first-order valence-corrected chi connectivity index (χ1v) is 6.20. The summed E-state index contributed by atoms with van der Waals surface area (Å²) in [4.78, 5) is 34.7. The van der Waals surface area contributed by atoms with E-state index in [0.717, 1.165) is 7.11 Å². The molecule has 0 amide bonds. The number of carboxylic acid groups (broad SMARTS) is 1. The molecule has 112 valence electrons. The van der Waals surface area contributed by atoms with Gasteiger partial charge in [0.05, 0.1) is 18.0 Å². The Bertz CT molecular complexity index is 621. The van der Waals surface area contributed by atoms with Crippen LogP contribution < -0.4 is 4.90 Å². The van der Waals surface area contributed by atoms with Gasteiger partial charge < -0.3 is 14.7 Å². The van der Waals surface area contributed by atoms with Gasteiger partial charge in [-0.2, -0.15) is 0 Å². The minimum Gasteiger partial charge on any atom is -0.481 e. The number of carboxylic acids is 1. The highest BCUT2D eigenvalue weighted by Crippen LogP contribution is 2.33. The Labute approximate surface area is 120 Å². The van der Waals surface area contributed by atoms with Gasteiger partial charge >= 0.3 is 11.9 Å². The standard InChI is InChI=1S/C13H14N2O6/c1-7-3-9(14-5-8(6-14)12(16)17)4-10(13(18)21-2)11(7)15(19)20/h3-4,8H,5-6H2,1-2H3,(H,16,17). The summed E-state index contributed by atoms with van der Waals surface area (Å²) in [5, 5.41) is 19.9. The number of carbonyl (C=O) groups excluding carboxylic acids is 1. The Morgan fingerprint density at radius 2 is 2.05 bits per heavy atom. The number of nitro groups is 1. The molecule has 8 heteroatoms. The molecule has 1 aromatic rings. The number of carbonyl (C=O) groups is 2. The van der Waals surface area contributed by atoms with Crippen molar-refractivity contribution in [2.45, 2.75) is 6.92 Å². The molecule has 1 N–H and O–H groups in total. The summed E-state index contributed by atoms with van der Waals surface area (Å²) in [6, 6.07) is 2.94. The summed E-state index contributed by atoms with van der Waals surface area (Å²) in [6.45, 7) is 2.16. The number of hydrogen-bond donors (Lipinski definition) is 1. The Balaban J connectivity index is 2.38. The van der Waals surface area contributed by atoms with Gasteiger partial charge in [-0.25, -0.2) is 4.79 Å². The molecule has 0 aromatic heterocycles. The van der Waals surface area contributed by atoms with Gasteiger partial charge in [0.2, 0.25) is 0 Å². The Hall–Kier alpha value is -2.64. The van der Waals surface area contributed by atoms with Crippen molar-refractivity contribution < 1.29 is 24.4 Å². The van der Waals surface area contributed by atoms with Crippen molar-refractivity contribution in [3.8, 4) is 0 Å². The molecule has 1 aromatic carbocycles. The zero-order valence-corrected chi connectivity index (χ0v) is 11.5. The van der Waals surface area contributed by atoms with E-state index in [9.17, 15) is 19.7 Å². The number of nitrogens with zero attached hydrogens (tertiary/aromatic N) is 2. The number of rotatable bonds is 4. The SMILES string of the molecule is COC(=O)c1cc(N2CC(C(=O)O)C2)cc(C)c1[N+](=O)[O-]. The summed E-state index contributed by atoms with van der Waals surface area (Å²) < 4.78 is 4.57. The van der Waals surface area contributed by atoms with Crippen molar-refractivity contribution in [3.05, 3.63) is 33.4 Å². The average molecular weight is 294 g/mol. The van der Waals surface area contributed by atoms with E-state index < -0.39 is 22.8 Å². The van der Waals surface area contributed by atoms with E-state index in [0.29, 0.717) is 24.3 Å². The summed E-state index contributed by atoms with van der Waals surface area (Å²) in [6.07, 6.45) is 0. The third-order valence-electron chi connectivity index (χ3n) is 3.47. The second-order valence-corrected chi connectivity index (χ2v) is 4.85. The quantitative estimate of drug-likeness (QED) is 0.505. The number of anilines is 1. The lowest BCUT2D eigenvalue weighted by atomic mass is 9.97. The summed E-state index contributed by atoms with van der Waals surface area (Å²) in [7, 11) is 1.15. The number of ether oxygens (including phenoxy) is 1. The van der Waals surface area contributed by atoms with E-state index >= 15 is 0 Å². The summed E-state index contributed by atoms with van der Waals surface area (Å²) >= 11 is 0. The molecular weight excluding hydrogens is 280 g/mol. The highest BCUT2D eigenvalue weighted by Gasteiger charge is 2.34. The smallest absolute Gasteiger partial charge is 0.344 e. The lowest BCUT2D eigenvalue weighted by Crippen LogP contribution is -2.50. The molecule has 0 aliphatic carbocycles. The molecule has 1 aliphatic rings. The Morgan fingerprint density at radius 1 is 1.43 bits per heavy atom. The second kappa shape index (κ2) is 5.39. The molecule has 1 saturated heterocycles. The number of benzene rings is 1. The van der Waals surface area contributed by atoms with E-state index in [1.54, 1.807) is 11.0 Å². The topological polar surface area (TPSA) is 110 Å². The molecule has 21 heavy (non-hydrogen) atoms. The van der Waals surface area contributed by atoms with Gasteiger partial charge in [0.25, 0.3) is 5.69 Å². The molecule has 0 atom stereocenters. The van der Waals surface area contributed by atoms with Crippen molar-refractivity contribution in [2.24, 2.45) is 5.92 Å². The molecule has 0 radical (unpaired) electrons. The van der Waals surface area contributed by atoms with Gasteiger partial charge in [0.1, 0.15) is 5.56 Å². The van der Waals surface area contributed by atoms with Crippen molar-refractivity contribution in [3.63, 3.8) is 0 Å². The third kappa shape index (κ3) is 2.64. The largest absolute Gasteiger partial charge is 0.481 e. The lowest BCUT2D eigenvalue weighted by molar-refractivity contribution is -0.385. The van der Waals surface area contributed by atoms with Crippen LogP contribution in [-0.2, 0) is 9.53 Å². The number of methoxy groups -OCH3 is 1. The third-order valence-corrected chi connectivity index (χ3v) is 3.47. The fraction of sp³-hybridized carbons (Fsp3) is 0.385. The van der Waals surface area contributed by atoms with Crippen LogP contribution in [0.3, 0.4) is 0 Å². The van der Waals surface area contributed by atoms with E-state index in [1.807, 2.05) is 0 Å². The van der Waals surface area contributed by atoms with Crippen LogP contribution in [-0.4, -0.2) is 42.2 Å². The first-order valence-electron chi connectivity index (χ1n) is 6.20. The normalized spacial score (nSPS) is 14.5. The highest BCUT2D eigenvalue weighted by atomic mass is 16.6. The van der Waals surface area contributed by atoms with Crippen LogP contribution in [0, 0.1) is 23.0 Å². The van der Waals surface area contributed by atoms with Crippen molar-refractivity contribution >= 4 is 23.3 Å². The first-order chi connectivity index (χ1) is 9.85. The van der Waals surface area contributed by atoms with Gasteiger partial charge in [-0.05, 0) is 19.1 Å². The molecule has 1 heterocycles. The fourth-order valence-corrected chi connectivity index (χ4v) is 2.30. The molecule has 0 bridgehead atoms. The van der Waals surface area contributed by atoms with Gasteiger partial charge in [0.15, 0.2) is 0 Å². The summed E-state index contributed by atoms with van der Waals surface area (Å²) in [5.41, 5.74) is 0.491. The van der Waals surface area contributed by atoms with Gasteiger partial charge in [-0.1, -0.05) is 0 Å². The second-order valence-electron chi connectivity index (χ2n) is 4.85. The predicted octanol–water partition coefficient (Wildman–Crippen LogP) is 1.21. The minimum absolute atomic E-state index is 0.128. The monoisotopic (exact) mass is 294 g/mol. The first kappa shape index (κ1) is 14.8. The maximum absolute atomic E-state index is 11.7. The van der Waals surface area contributed by atoms with Crippen LogP contribution in [0.5, 0.6) is 0 Å². The van der Waals surface area contributed by atoms with Gasteiger partial charge in [-0.15, -0.1) is 0 Å². The van der Waals surface area contributed by atoms with Crippen LogP contribution >= 0.6 is 0 Å². The molecule has 0 unspecified atom stereocenters. The molecule has 0 saturated carbocycles.